The smallest absolute Gasteiger partial charge is 0.264 e. The van der Waals surface area contributed by atoms with E-state index in [4.69, 9.17) is 16.3 Å². The van der Waals surface area contributed by atoms with Crippen molar-refractivity contribution in [3.63, 3.8) is 0 Å². The Kier molecular flexibility index (Phi) is 3.71. The topological polar surface area (TPSA) is 49.9 Å². The van der Waals surface area contributed by atoms with Crippen molar-refractivity contribution in [2.24, 2.45) is 0 Å². The average molecular weight is 365 g/mol. The highest BCUT2D eigenvalue weighted by atomic mass is 35.5. The normalized spacial score (nSPS) is 16.9. The lowest BCUT2D eigenvalue weighted by Crippen LogP contribution is -2.42. The Bertz CT molecular complexity index is 914. The van der Waals surface area contributed by atoms with Crippen LogP contribution in [0.4, 0.5) is 11.4 Å². The fourth-order valence-electron chi connectivity index (χ4n) is 3.18. The molecule has 0 radical (unpaired) electrons. The van der Waals surface area contributed by atoms with Gasteiger partial charge in [-0.05, 0) is 41.5 Å². The molecule has 0 spiro atoms. The van der Waals surface area contributed by atoms with Crippen molar-refractivity contribution in [1.29, 1.82) is 0 Å². The molecule has 0 fully saturated rings. The first-order valence-corrected chi connectivity index (χ1v) is 9.51. The second kappa shape index (κ2) is 5.65. The molecule has 2 aliphatic heterocycles. The van der Waals surface area contributed by atoms with Crippen molar-refractivity contribution in [2.75, 3.05) is 29.3 Å². The number of hydrogen-bond donors (Lipinski definition) is 0. The summed E-state index contributed by atoms with van der Waals surface area (Å²) < 4.78 is 33.2. The number of rotatable bonds is 2. The molecule has 126 valence electrons. The molecule has 4 rings (SSSR count). The Morgan fingerprint density at radius 2 is 1.79 bits per heavy atom. The summed E-state index contributed by atoms with van der Waals surface area (Å²) in [6.45, 7) is 2.03. The SMILES string of the molecule is CN1CCN(S(=O)(=O)c2ccc3c(c2)COC3)c2ccc(Cl)cc21. The number of sulfonamides is 1. The van der Waals surface area contributed by atoms with Gasteiger partial charge in [0, 0.05) is 18.6 Å². The average Bonchev–Trinajstić information content (AvgIpc) is 3.03. The molecule has 0 atom stereocenters. The van der Waals surface area contributed by atoms with Gasteiger partial charge < -0.3 is 9.64 Å². The Labute approximate surface area is 146 Å². The van der Waals surface area contributed by atoms with Crippen LogP contribution in [0.1, 0.15) is 11.1 Å². The van der Waals surface area contributed by atoms with Crippen molar-refractivity contribution in [3.05, 3.63) is 52.5 Å². The van der Waals surface area contributed by atoms with Gasteiger partial charge in [-0.25, -0.2) is 8.42 Å². The van der Waals surface area contributed by atoms with Gasteiger partial charge in [0.1, 0.15) is 0 Å². The third-order valence-corrected chi connectivity index (χ3v) is 6.58. The number of hydrogen-bond acceptors (Lipinski definition) is 4. The molecule has 2 heterocycles. The van der Waals surface area contributed by atoms with E-state index in [9.17, 15) is 8.42 Å². The molecule has 2 aliphatic rings. The molecule has 5 nitrogen and oxygen atoms in total. The Morgan fingerprint density at radius 3 is 2.62 bits per heavy atom. The van der Waals surface area contributed by atoms with E-state index < -0.39 is 10.0 Å². The standard InChI is InChI=1S/C17H17ClN2O3S/c1-19-6-7-20(16-5-3-14(18)9-17(16)19)24(21,22)15-4-2-12-10-23-11-13(12)8-15/h2-5,8-9H,6-7,10-11H2,1H3. The van der Waals surface area contributed by atoms with Gasteiger partial charge in [-0.1, -0.05) is 17.7 Å². The second-order valence-corrected chi connectivity index (χ2v) is 8.35. The Morgan fingerprint density at radius 1 is 1.00 bits per heavy atom. The van der Waals surface area contributed by atoms with E-state index in [1.165, 1.54) is 4.31 Å². The van der Waals surface area contributed by atoms with Crippen LogP contribution in [0.15, 0.2) is 41.3 Å². The van der Waals surface area contributed by atoms with Gasteiger partial charge >= 0.3 is 0 Å². The molecule has 0 amide bonds. The molecule has 0 unspecified atom stereocenters. The van der Waals surface area contributed by atoms with Crippen LogP contribution < -0.4 is 9.21 Å². The summed E-state index contributed by atoms with van der Waals surface area (Å²) in [6.07, 6.45) is 0. The minimum absolute atomic E-state index is 0.303. The van der Waals surface area contributed by atoms with Gasteiger partial charge in [-0.2, -0.15) is 0 Å². The lowest BCUT2D eigenvalue weighted by atomic mass is 10.1. The van der Waals surface area contributed by atoms with Crippen molar-refractivity contribution < 1.29 is 13.2 Å². The molecule has 7 heteroatoms. The summed E-state index contributed by atoms with van der Waals surface area (Å²) in [6, 6.07) is 10.5. The number of likely N-dealkylation sites (N-methyl/N-ethyl adjacent to an activating group) is 1. The van der Waals surface area contributed by atoms with Crippen LogP contribution in [0.25, 0.3) is 0 Å². The number of anilines is 2. The monoisotopic (exact) mass is 364 g/mol. The summed E-state index contributed by atoms with van der Waals surface area (Å²) in [4.78, 5) is 2.32. The number of benzene rings is 2. The van der Waals surface area contributed by atoms with Crippen LogP contribution >= 0.6 is 11.6 Å². The van der Waals surface area contributed by atoms with E-state index in [-0.39, 0.29) is 0 Å². The minimum Gasteiger partial charge on any atom is -0.372 e. The zero-order chi connectivity index (χ0) is 16.9. The minimum atomic E-state index is -3.63. The van der Waals surface area contributed by atoms with Gasteiger partial charge in [-0.15, -0.1) is 0 Å². The van der Waals surface area contributed by atoms with Gasteiger partial charge in [-0.3, -0.25) is 4.31 Å². The van der Waals surface area contributed by atoms with E-state index in [0.717, 1.165) is 16.8 Å². The highest BCUT2D eigenvalue weighted by Crippen LogP contribution is 2.38. The van der Waals surface area contributed by atoms with Gasteiger partial charge in [0.05, 0.1) is 36.0 Å². The van der Waals surface area contributed by atoms with Crippen LogP contribution in [0.3, 0.4) is 0 Å². The maximum absolute atomic E-state index is 13.2. The van der Waals surface area contributed by atoms with E-state index in [2.05, 4.69) is 0 Å². The van der Waals surface area contributed by atoms with Crippen molar-refractivity contribution in [2.45, 2.75) is 18.1 Å². The van der Waals surface area contributed by atoms with E-state index in [1.54, 1.807) is 30.3 Å². The lowest BCUT2D eigenvalue weighted by molar-refractivity contribution is 0.134. The Balaban J connectivity index is 1.80. The molecule has 0 aromatic heterocycles. The van der Waals surface area contributed by atoms with Gasteiger partial charge in [0.25, 0.3) is 10.0 Å². The van der Waals surface area contributed by atoms with E-state index >= 15 is 0 Å². The largest absolute Gasteiger partial charge is 0.372 e. The fourth-order valence-corrected chi connectivity index (χ4v) is 4.87. The maximum Gasteiger partial charge on any atom is 0.264 e. The van der Waals surface area contributed by atoms with Crippen LogP contribution in [0, 0.1) is 0 Å². The number of nitrogens with zero attached hydrogens (tertiary/aromatic N) is 2. The number of halogens is 1. The van der Waals surface area contributed by atoms with E-state index in [1.807, 2.05) is 18.0 Å². The van der Waals surface area contributed by atoms with Crippen molar-refractivity contribution >= 4 is 33.0 Å². The maximum atomic E-state index is 13.2. The highest BCUT2D eigenvalue weighted by molar-refractivity contribution is 7.92. The molecule has 0 N–H and O–H groups in total. The first kappa shape index (κ1) is 15.7. The second-order valence-electron chi connectivity index (χ2n) is 6.06. The molecule has 0 aliphatic carbocycles. The summed E-state index contributed by atoms with van der Waals surface area (Å²) >= 11 is 6.08. The quantitative estimate of drug-likeness (QED) is 0.822. The van der Waals surface area contributed by atoms with Crippen LogP contribution in [0.2, 0.25) is 5.02 Å². The first-order chi connectivity index (χ1) is 11.5. The molecular formula is C17H17ClN2O3S. The zero-order valence-electron chi connectivity index (χ0n) is 13.2. The Hall–Kier alpha value is -1.76. The third-order valence-electron chi connectivity index (χ3n) is 4.54. The van der Waals surface area contributed by atoms with Crippen LogP contribution in [-0.2, 0) is 28.0 Å². The summed E-state index contributed by atoms with van der Waals surface area (Å²) in [5.41, 5.74) is 3.48. The first-order valence-electron chi connectivity index (χ1n) is 7.70. The molecule has 2 aromatic rings. The van der Waals surface area contributed by atoms with Crippen molar-refractivity contribution in [1.82, 2.24) is 0 Å². The molecule has 2 aromatic carbocycles. The molecule has 0 saturated heterocycles. The number of ether oxygens (including phenoxy) is 1. The predicted molar refractivity (Wildman–Crippen MR) is 94.2 cm³/mol. The predicted octanol–water partition coefficient (Wildman–Crippen LogP) is 3.02. The molecular weight excluding hydrogens is 348 g/mol. The van der Waals surface area contributed by atoms with Crippen molar-refractivity contribution in [3.8, 4) is 0 Å². The molecule has 0 saturated carbocycles. The van der Waals surface area contributed by atoms with Gasteiger partial charge in [0.15, 0.2) is 0 Å². The number of fused-ring (bicyclic) bond motifs is 2. The highest BCUT2D eigenvalue weighted by Gasteiger charge is 2.31. The molecule has 0 bridgehead atoms. The molecule has 24 heavy (non-hydrogen) atoms. The third kappa shape index (κ3) is 2.46. The fraction of sp³-hybridized carbons (Fsp3) is 0.294. The van der Waals surface area contributed by atoms with Crippen LogP contribution in [-0.4, -0.2) is 28.6 Å². The summed E-state index contributed by atoms with van der Waals surface area (Å²) in [5.74, 6) is 0. The lowest BCUT2D eigenvalue weighted by Gasteiger charge is -2.36. The van der Waals surface area contributed by atoms with Crippen LogP contribution in [0.5, 0.6) is 0 Å². The van der Waals surface area contributed by atoms with E-state index in [0.29, 0.717) is 41.9 Å². The van der Waals surface area contributed by atoms with Gasteiger partial charge in [0.2, 0.25) is 0 Å². The zero-order valence-corrected chi connectivity index (χ0v) is 14.8. The summed E-state index contributed by atoms with van der Waals surface area (Å²) in [5, 5.41) is 0.592. The summed E-state index contributed by atoms with van der Waals surface area (Å²) in [7, 11) is -1.69.